The Morgan fingerprint density at radius 1 is 1.21 bits per heavy atom. The number of anilines is 1. The lowest BCUT2D eigenvalue weighted by molar-refractivity contribution is -0.117. The molecule has 2 aromatic carbocycles. The van der Waals surface area contributed by atoms with Crippen molar-refractivity contribution in [1.29, 1.82) is 0 Å². The van der Waals surface area contributed by atoms with Crippen LogP contribution in [0.15, 0.2) is 41.3 Å². The monoisotopic (exact) mass is 487 g/mol. The number of benzene rings is 2. The Morgan fingerprint density at radius 2 is 1.91 bits per heavy atom. The number of nitrogens with zero attached hydrogens (tertiary/aromatic N) is 1. The average molecular weight is 488 g/mol. The number of carbonyl (C=O) groups is 1. The van der Waals surface area contributed by atoms with Crippen LogP contribution in [0.1, 0.15) is 44.7 Å². The van der Waals surface area contributed by atoms with Crippen LogP contribution in [0.3, 0.4) is 0 Å². The van der Waals surface area contributed by atoms with Gasteiger partial charge in [-0.05, 0) is 70.0 Å². The van der Waals surface area contributed by atoms with Crippen molar-refractivity contribution >= 4 is 21.6 Å². The number of amides is 1. The highest BCUT2D eigenvalue weighted by Gasteiger charge is 2.27. The molecule has 34 heavy (non-hydrogen) atoms. The smallest absolute Gasteiger partial charge is 0.243 e. The number of ether oxygens (including phenoxy) is 2. The van der Waals surface area contributed by atoms with E-state index in [2.05, 4.69) is 10.6 Å². The maximum atomic E-state index is 12.7. The molecule has 184 valence electrons. The molecular weight excluding hydrogens is 454 g/mol. The minimum atomic E-state index is -3.47. The molecule has 2 aliphatic rings. The van der Waals surface area contributed by atoms with E-state index in [-0.39, 0.29) is 16.9 Å². The first kappa shape index (κ1) is 24.5. The topological polar surface area (TPSA) is 97.0 Å². The SMILES string of the molecule is CCOc1cc2c(cc1CN[C@@H](C)C(=O)Nc1ccc(S(=O)(=O)N3CCCC3)cc1)O[C@H](C)C2. The third-order valence-corrected chi connectivity index (χ3v) is 8.11. The Morgan fingerprint density at radius 3 is 2.59 bits per heavy atom. The number of hydrogen-bond donors (Lipinski definition) is 2. The van der Waals surface area contributed by atoms with Gasteiger partial charge >= 0.3 is 0 Å². The number of rotatable bonds is 9. The van der Waals surface area contributed by atoms with Crippen molar-refractivity contribution in [2.24, 2.45) is 0 Å². The second-order valence-corrected chi connectivity index (χ2v) is 10.8. The van der Waals surface area contributed by atoms with Crippen LogP contribution >= 0.6 is 0 Å². The molecule has 2 heterocycles. The summed E-state index contributed by atoms with van der Waals surface area (Å²) in [7, 11) is -3.47. The van der Waals surface area contributed by atoms with Crippen molar-refractivity contribution < 1.29 is 22.7 Å². The summed E-state index contributed by atoms with van der Waals surface area (Å²) >= 11 is 0. The Hall–Kier alpha value is -2.62. The highest BCUT2D eigenvalue weighted by Crippen LogP contribution is 2.35. The summed E-state index contributed by atoms with van der Waals surface area (Å²) in [6, 6.07) is 9.88. The summed E-state index contributed by atoms with van der Waals surface area (Å²) in [5, 5.41) is 6.09. The third-order valence-electron chi connectivity index (χ3n) is 6.20. The van der Waals surface area contributed by atoms with E-state index < -0.39 is 16.1 Å². The minimum Gasteiger partial charge on any atom is -0.494 e. The molecule has 0 saturated carbocycles. The zero-order valence-electron chi connectivity index (χ0n) is 20.0. The van der Waals surface area contributed by atoms with Gasteiger partial charge in [-0.2, -0.15) is 4.31 Å². The van der Waals surface area contributed by atoms with Crippen LogP contribution < -0.4 is 20.1 Å². The van der Waals surface area contributed by atoms with Gasteiger partial charge < -0.3 is 20.1 Å². The van der Waals surface area contributed by atoms with Gasteiger partial charge in [0.15, 0.2) is 0 Å². The molecule has 0 radical (unpaired) electrons. The maximum absolute atomic E-state index is 12.7. The molecule has 2 aromatic rings. The van der Waals surface area contributed by atoms with Crippen LogP contribution in [0.2, 0.25) is 0 Å². The predicted molar refractivity (Wildman–Crippen MR) is 131 cm³/mol. The van der Waals surface area contributed by atoms with Crippen molar-refractivity contribution in [2.45, 2.75) is 63.6 Å². The van der Waals surface area contributed by atoms with Gasteiger partial charge in [0, 0.05) is 42.9 Å². The number of fused-ring (bicyclic) bond motifs is 1. The average Bonchev–Trinajstić information content (AvgIpc) is 3.47. The molecule has 0 bridgehead atoms. The summed E-state index contributed by atoms with van der Waals surface area (Å²) in [4.78, 5) is 13.0. The van der Waals surface area contributed by atoms with Crippen LogP contribution in [0.5, 0.6) is 11.5 Å². The van der Waals surface area contributed by atoms with Crippen LogP contribution in [-0.4, -0.2) is 50.5 Å². The lowest BCUT2D eigenvalue weighted by Gasteiger charge is -2.18. The summed E-state index contributed by atoms with van der Waals surface area (Å²) in [6.45, 7) is 7.90. The normalized spacial score (nSPS) is 18.9. The highest BCUT2D eigenvalue weighted by molar-refractivity contribution is 7.89. The van der Waals surface area contributed by atoms with E-state index >= 15 is 0 Å². The van der Waals surface area contributed by atoms with Crippen LogP contribution in [0, 0.1) is 0 Å². The molecule has 9 heteroatoms. The predicted octanol–water partition coefficient (Wildman–Crippen LogP) is 3.31. The number of nitrogens with one attached hydrogen (secondary N) is 2. The first-order chi connectivity index (χ1) is 16.3. The molecule has 4 rings (SSSR count). The molecule has 0 unspecified atom stereocenters. The van der Waals surface area contributed by atoms with Gasteiger partial charge in [-0.15, -0.1) is 0 Å². The van der Waals surface area contributed by atoms with Crippen LogP contribution in [0.25, 0.3) is 0 Å². The largest absolute Gasteiger partial charge is 0.494 e. The van der Waals surface area contributed by atoms with Gasteiger partial charge in [-0.3, -0.25) is 4.79 Å². The fourth-order valence-electron chi connectivity index (χ4n) is 4.30. The van der Waals surface area contributed by atoms with Gasteiger partial charge in [0.2, 0.25) is 15.9 Å². The molecule has 2 atom stereocenters. The van der Waals surface area contributed by atoms with Crippen LogP contribution in [-0.2, 0) is 27.8 Å². The van der Waals surface area contributed by atoms with Crippen molar-refractivity contribution in [2.75, 3.05) is 25.0 Å². The summed E-state index contributed by atoms with van der Waals surface area (Å²) in [6.07, 6.45) is 2.79. The molecule has 1 saturated heterocycles. The summed E-state index contributed by atoms with van der Waals surface area (Å²) in [5.41, 5.74) is 2.63. The standard InChI is InChI=1S/C25H33N3O5S/c1-4-32-23-14-19-13-17(2)33-24(19)15-20(23)16-26-18(3)25(29)27-21-7-9-22(10-8-21)34(30,31)28-11-5-6-12-28/h7-10,14-15,17-18,26H,4-6,11-13,16H2,1-3H3,(H,27,29)/t17-,18+/m1/s1. The fourth-order valence-corrected chi connectivity index (χ4v) is 5.82. The highest BCUT2D eigenvalue weighted by atomic mass is 32.2. The summed E-state index contributed by atoms with van der Waals surface area (Å²) in [5.74, 6) is 1.46. The quantitative estimate of drug-likeness (QED) is 0.563. The Balaban J connectivity index is 1.36. The Labute approximate surface area is 201 Å². The van der Waals surface area contributed by atoms with E-state index in [1.165, 1.54) is 4.31 Å². The lowest BCUT2D eigenvalue weighted by Crippen LogP contribution is -2.37. The Bertz CT molecular complexity index is 1130. The zero-order valence-corrected chi connectivity index (χ0v) is 20.8. The molecule has 0 aromatic heterocycles. The number of hydrogen-bond acceptors (Lipinski definition) is 6. The zero-order chi connectivity index (χ0) is 24.3. The van der Waals surface area contributed by atoms with Crippen LogP contribution in [0.4, 0.5) is 5.69 Å². The van der Waals surface area contributed by atoms with Gasteiger partial charge in [-0.25, -0.2) is 8.42 Å². The Kier molecular flexibility index (Phi) is 7.45. The van der Waals surface area contributed by atoms with E-state index in [1.54, 1.807) is 31.2 Å². The van der Waals surface area contributed by atoms with E-state index in [9.17, 15) is 13.2 Å². The molecule has 2 N–H and O–H groups in total. The van der Waals surface area contributed by atoms with E-state index in [0.29, 0.717) is 31.9 Å². The molecule has 1 fully saturated rings. The van der Waals surface area contributed by atoms with Crippen molar-refractivity contribution in [3.8, 4) is 11.5 Å². The van der Waals surface area contributed by atoms with Gasteiger partial charge in [0.25, 0.3) is 0 Å². The maximum Gasteiger partial charge on any atom is 0.243 e. The van der Waals surface area contributed by atoms with Crippen molar-refractivity contribution in [3.63, 3.8) is 0 Å². The molecular formula is C25H33N3O5S. The second-order valence-electron chi connectivity index (χ2n) is 8.86. The van der Waals surface area contributed by atoms with Crippen molar-refractivity contribution in [1.82, 2.24) is 9.62 Å². The van der Waals surface area contributed by atoms with E-state index in [0.717, 1.165) is 41.9 Å². The molecule has 1 amide bonds. The second kappa shape index (κ2) is 10.3. The molecule has 8 nitrogen and oxygen atoms in total. The van der Waals surface area contributed by atoms with E-state index in [1.807, 2.05) is 26.0 Å². The minimum absolute atomic E-state index is 0.147. The summed E-state index contributed by atoms with van der Waals surface area (Å²) < 4.78 is 38.5. The molecule has 0 spiro atoms. The van der Waals surface area contributed by atoms with E-state index in [4.69, 9.17) is 9.47 Å². The van der Waals surface area contributed by atoms with Gasteiger partial charge in [0.1, 0.15) is 17.6 Å². The first-order valence-corrected chi connectivity index (χ1v) is 13.3. The molecule has 2 aliphatic heterocycles. The fraction of sp³-hybridized carbons (Fsp3) is 0.480. The number of sulfonamides is 1. The van der Waals surface area contributed by atoms with Crippen molar-refractivity contribution in [3.05, 3.63) is 47.5 Å². The molecule has 0 aliphatic carbocycles. The number of carbonyl (C=O) groups excluding carboxylic acids is 1. The van der Waals surface area contributed by atoms with Gasteiger partial charge in [0.05, 0.1) is 17.5 Å². The van der Waals surface area contributed by atoms with Gasteiger partial charge in [-0.1, -0.05) is 0 Å². The first-order valence-electron chi connectivity index (χ1n) is 11.9. The lowest BCUT2D eigenvalue weighted by atomic mass is 10.1. The third kappa shape index (κ3) is 5.37.